The van der Waals surface area contributed by atoms with Gasteiger partial charge in [-0.15, -0.1) is 0 Å². The number of rotatable bonds is 6. The summed E-state index contributed by atoms with van der Waals surface area (Å²) in [6, 6.07) is 8.24. The molecule has 1 saturated heterocycles. The van der Waals surface area contributed by atoms with E-state index in [-0.39, 0.29) is 17.8 Å². The number of likely N-dealkylation sites (N-methyl/N-ethyl adjacent to an activating group) is 1. The molecule has 1 fully saturated rings. The Morgan fingerprint density at radius 1 is 1.35 bits per heavy atom. The fourth-order valence-corrected chi connectivity index (χ4v) is 3.56. The lowest BCUT2D eigenvalue weighted by atomic mass is 9.87. The van der Waals surface area contributed by atoms with E-state index < -0.39 is 5.54 Å². The highest BCUT2D eigenvalue weighted by Crippen LogP contribution is 2.27. The van der Waals surface area contributed by atoms with E-state index in [1.165, 1.54) is 12.1 Å². The zero-order chi connectivity index (χ0) is 18.6. The van der Waals surface area contributed by atoms with Gasteiger partial charge in [-0.05, 0) is 63.8 Å². The molecule has 3 rings (SSSR count). The van der Waals surface area contributed by atoms with Gasteiger partial charge in [0, 0.05) is 18.9 Å². The van der Waals surface area contributed by atoms with Crippen molar-refractivity contribution >= 4 is 5.91 Å². The molecule has 1 aromatic heterocycles. The molecule has 0 spiro atoms. The molecule has 0 radical (unpaired) electrons. The van der Waals surface area contributed by atoms with Crippen LogP contribution in [0.2, 0.25) is 0 Å². The molecule has 0 aliphatic carbocycles. The van der Waals surface area contributed by atoms with E-state index in [4.69, 9.17) is 0 Å². The second kappa shape index (κ2) is 7.97. The van der Waals surface area contributed by atoms with Crippen LogP contribution >= 0.6 is 0 Å². The van der Waals surface area contributed by atoms with Gasteiger partial charge in [0.25, 0.3) is 0 Å². The van der Waals surface area contributed by atoms with Crippen LogP contribution in [0, 0.1) is 5.82 Å². The van der Waals surface area contributed by atoms with Crippen LogP contribution in [0.1, 0.15) is 24.4 Å². The Morgan fingerprint density at radius 2 is 2.04 bits per heavy atom. The molecule has 26 heavy (non-hydrogen) atoms. The summed E-state index contributed by atoms with van der Waals surface area (Å²) < 4.78 is 15.0. The van der Waals surface area contributed by atoms with Gasteiger partial charge in [-0.3, -0.25) is 9.48 Å². The van der Waals surface area contributed by atoms with Gasteiger partial charge in [0.1, 0.15) is 11.4 Å². The smallest absolute Gasteiger partial charge is 0.248 e. The summed E-state index contributed by atoms with van der Waals surface area (Å²) >= 11 is 0. The van der Waals surface area contributed by atoms with Crippen molar-refractivity contribution in [1.82, 2.24) is 25.3 Å². The first kappa shape index (κ1) is 18.5. The summed E-state index contributed by atoms with van der Waals surface area (Å²) in [4.78, 5) is 15.2. The van der Waals surface area contributed by atoms with Crippen LogP contribution in [0.15, 0.2) is 42.7 Å². The molecule has 2 heterocycles. The second-order valence-electron chi connectivity index (χ2n) is 6.97. The maximum Gasteiger partial charge on any atom is 0.248 e. The molecule has 2 aromatic rings. The monoisotopic (exact) mass is 359 g/mol. The van der Waals surface area contributed by atoms with Gasteiger partial charge in [-0.2, -0.15) is 5.10 Å². The summed E-state index contributed by atoms with van der Waals surface area (Å²) in [7, 11) is 3.90. The molecule has 7 heteroatoms. The molecule has 1 aromatic carbocycles. The van der Waals surface area contributed by atoms with Crippen LogP contribution in [0.4, 0.5) is 4.39 Å². The lowest BCUT2D eigenvalue weighted by Crippen LogP contribution is -2.55. The Morgan fingerprint density at radius 3 is 2.62 bits per heavy atom. The summed E-state index contributed by atoms with van der Waals surface area (Å²) in [5.41, 5.74) is 0.309. The normalized spacial score (nSPS) is 17.8. The van der Waals surface area contributed by atoms with Crippen molar-refractivity contribution in [2.45, 2.75) is 24.4 Å². The number of carbonyl (C=O) groups excluding carboxylic acids is 1. The first-order valence-corrected chi connectivity index (χ1v) is 8.94. The number of aromatic nitrogens is 2. The van der Waals surface area contributed by atoms with E-state index in [1.54, 1.807) is 23.0 Å². The topological polar surface area (TPSA) is 62.2 Å². The molecular weight excluding hydrogens is 333 g/mol. The third-order valence-electron chi connectivity index (χ3n) is 5.13. The number of carbonyl (C=O) groups is 1. The Labute approximate surface area is 153 Å². The molecule has 1 atom stereocenters. The molecular formula is C19H26FN5O. The van der Waals surface area contributed by atoms with E-state index in [0.717, 1.165) is 18.7 Å². The van der Waals surface area contributed by atoms with Crippen LogP contribution in [-0.2, 0) is 10.3 Å². The van der Waals surface area contributed by atoms with Crippen molar-refractivity contribution in [3.05, 3.63) is 54.1 Å². The molecule has 1 aliphatic heterocycles. The molecule has 1 unspecified atom stereocenters. The standard InChI is InChI=1S/C19H26FN5O/c1-24(2)17(15-4-6-16(20)7-5-15)14-22-18(26)19(8-11-21-12-9-19)25-13-3-10-23-25/h3-7,10,13,17,21H,8-9,11-12,14H2,1-2H3,(H,22,26). The van der Waals surface area contributed by atoms with Gasteiger partial charge in [0.2, 0.25) is 5.91 Å². The summed E-state index contributed by atoms with van der Waals surface area (Å²) in [5, 5.41) is 10.8. The lowest BCUT2D eigenvalue weighted by molar-refractivity contribution is -0.132. The quantitative estimate of drug-likeness (QED) is 0.821. The fourth-order valence-electron chi connectivity index (χ4n) is 3.56. The Kier molecular flexibility index (Phi) is 5.68. The summed E-state index contributed by atoms with van der Waals surface area (Å²) in [6.45, 7) is 2.01. The van der Waals surface area contributed by atoms with E-state index >= 15 is 0 Å². The predicted octanol–water partition coefficient (Wildman–Crippen LogP) is 1.52. The van der Waals surface area contributed by atoms with E-state index in [1.807, 2.05) is 31.3 Å². The minimum atomic E-state index is -0.658. The average Bonchev–Trinajstić information content (AvgIpc) is 3.18. The van der Waals surface area contributed by atoms with Crippen molar-refractivity contribution < 1.29 is 9.18 Å². The Balaban J connectivity index is 1.75. The minimum Gasteiger partial charge on any atom is -0.352 e. The number of nitrogens with zero attached hydrogens (tertiary/aromatic N) is 3. The van der Waals surface area contributed by atoms with Crippen molar-refractivity contribution in [2.24, 2.45) is 0 Å². The fraction of sp³-hybridized carbons (Fsp3) is 0.474. The van der Waals surface area contributed by atoms with Crippen LogP contribution in [0.3, 0.4) is 0 Å². The molecule has 1 amide bonds. The summed E-state index contributed by atoms with van der Waals surface area (Å²) in [6.07, 6.45) is 4.96. The van der Waals surface area contributed by atoms with Gasteiger partial charge in [0.05, 0.1) is 6.04 Å². The Hall–Kier alpha value is -2.25. The average molecular weight is 359 g/mol. The van der Waals surface area contributed by atoms with Crippen LogP contribution in [0.5, 0.6) is 0 Å². The zero-order valence-electron chi connectivity index (χ0n) is 15.3. The highest BCUT2D eigenvalue weighted by Gasteiger charge is 2.42. The first-order valence-electron chi connectivity index (χ1n) is 8.94. The third-order valence-corrected chi connectivity index (χ3v) is 5.13. The van der Waals surface area contributed by atoms with E-state index in [9.17, 15) is 9.18 Å². The van der Waals surface area contributed by atoms with Crippen molar-refractivity contribution in [2.75, 3.05) is 33.7 Å². The number of benzene rings is 1. The number of halogens is 1. The molecule has 0 bridgehead atoms. The number of nitrogens with one attached hydrogen (secondary N) is 2. The van der Waals surface area contributed by atoms with Gasteiger partial charge < -0.3 is 15.5 Å². The van der Waals surface area contributed by atoms with Gasteiger partial charge in [0.15, 0.2) is 0 Å². The van der Waals surface area contributed by atoms with Crippen molar-refractivity contribution in [3.63, 3.8) is 0 Å². The zero-order valence-corrected chi connectivity index (χ0v) is 15.3. The third kappa shape index (κ3) is 3.78. The second-order valence-corrected chi connectivity index (χ2v) is 6.97. The maximum atomic E-state index is 13.2. The number of amides is 1. The SMILES string of the molecule is CN(C)C(CNC(=O)C1(n2cccn2)CCNCC1)c1ccc(F)cc1. The highest BCUT2D eigenvalue weighted by atomic mass is 19.1. The van der Waals surface area contributed by atoms with Crippen LogP contribution < -0.4 is 10.6 Å². The first-order chi connectivity index (χ1) is 12.5. The molecule has 6 nitrogen and oxygen atoms in total. The van der Waals surface area contributed by atoms with Crippen molar-refractivity contribution in [3.8, 4) is 0 Å². The number of piperidine rings is 1. The van der Waals surface area contributed by atoms with Crippen molar-refractivity contribution in [1.29, 1.82) is 0 Å². The van der Waals surface area contributed by atoms with E-state index in [0.29, 0.717) is 19.4 Å². The van der Waals surface area contributed by atoms with Crippen LogP contribution in [0.25, 0.3) is 0 Å². The molecule has 0 saturated carbocycles. The minimum absolute atomic E-state index is 0.0170. The largest absolute Gasteiger partial charge is 0.352 e. The molecule has 1 aliphatic rings. The van der Waals surface area contributed by atoms with Gasteiger partial charge in [-0.25, -0.2) is 4.39 Å². The van der Waals surface area contributed by atoms with Crippen LogP contribution in [-0.4, -0.2) is 54.3 Å². The van der Waals surface area contributed by atoms with Gasteiger partial charge >= 0.3 is 0 Å². The molecule has 2 N–H and O–H groups in total. The maximum absolute atomic E-state index is 13.2. The Bertz CT molecular complexity index is 708. The highest BCUT2D eigenvalue weighted by molar-refractivity contribution is 5.84. The number of hydrogen-bond donors (Lipinski definition) is 2. The summed E-state index contributed by atoms with van der Waals surface area (Å²) in [5.74, 6) is -0.278. The van der Waals surface area contributed by atoms with Gasteiger partial charge in [-0.1, -0.05) is 12.1 Å². The predicted molar refractivity (Wildman–Crippen MR) is 98.1 cm³/mol. The number of hydrogen-bond acceptors (Lipinski definition) is 4. The van der Waals surface area contributed by atoms with E-state index in [2.05, 4.69) is 15.7 Å². The lowest BCUT2D eigenvalue weighted by Gasteiger charge is -2.37. The molecule has 140 valence electrons.